The molecular weight excluding hydrogens is 444 g/mol. The lowest BCUT2D eigenvalue weighted by molar-refractivity contribution is 0.104. The Morgan fingerprint density at radius 1 is 0.818 bits per heavy atom. The number of thiophene rings is 2. The highest BCUT2D eigenvalue weighted by Gasteiger charge is 2.32. The zero-order valence-corrected chi connectivity index (χ0v) is 18.4. The third-order valence-electron chi connectivity index (χ3n) is 3.40. The summed E-state index contributed by atoms with van der Waals surface area (Å²) in [6.07, 6.45) is 0. The fraction of sp³-hybridized carbons (Fsp3) is 0.471. The molecule has 0 aliphatic rings. The van der Waals surface area contributed by atoms with Gasteiger partial charge >= 0.3 is 0 Å². The van der Waals surface area contributed by atoms with Crippen molar-refractivity contribution in [3.05, 3.63) is 40.6 Å². The lowest BCUT2D eigenvalue weighted by atomic mass is 9.84. The van der Waals surface area contributed by atoms with Gasteiger partial charge in [-0.15, -0.1) is 22.7 Å². The highest BCUT2D eigenvalue weighted by Crippen LogP contribution is 2.42. The van der Waals surface area contributed by atoms with E-state index in [9.17, 15) is 4.79 Å². The Kier molecular flexibility index (Phi) is 5.14. The minimum absolute atomic E-state index is 0.0692. The summed E-state index contributed by atoms with van der Waals surface area (Å²) >= 11 is 10.3. The molecule has 0 aromatic carbocycles. The molecule has 0 N–H and O–H groups in total. The van der Waals surface area contributed by atoms with Gasteiger partial charge in [-0.25, -0.2) is 0 Å². The summed E-state index contributed by atoms with van der Waals surface area (Å²) in [5, 5.41) is 4.04. The van der Waals surface area contributed by atoms with Crippen LogP contribution in [0.15, 0.2) is 19.7 Å². The zero-order valence-electron chi connectivity index (χ0n) is 13.6. The van der Waals surface area contributed by atoms with Crippen molar-refractivity contribution in [1.82, 2.24) is 0 Å². The number of ketones is 1. The maximum Gasteiger partial charge on any atom is 0.213 e. The van der Waals surface area contributed by atoms with Crippen LogP contribution in [0.3, 0.4) is 0 Å². The van der Waals surface area contributed by atoms with Crippen LogP contribution in [0, 0.1) is 0 Å². The Morgan fingerprint density at radius 2 is 1.14 bits per heavy atom. The molecule has 5 heteroatoms. The van der Waals surface area contributed by atoms with Crippen molar-refractivity contribution in [2.45, 2.75) is 52.4 Å². The molecule has 2 aromatic rings. The van der Waals surface area contributed by atoms with E-state index in [0.29, 0.717) is 0 Å². The third kappa shape index (κ3) is 3.42. The second kappa shape index (κ2) is 6.15. The van der Waals surface area contributed by atoms with E-state index in [4.69, 9.17) is 0 Å². The van der Waals surface area contributed by atoms with Gasteiger partial charge in [-0.3, -0.25) is 4.79 Å². The normalized spacial score (nSPS) is 12.7. The molecule has 120 valence electrons. The Balaban J connectivity index is 2.61. The summed E-state index contributed by atoms with van der Waals surface area (Å²) in [6, 6.07) is 0. The van der Waals surface area contributed by atoms with Crippen LogP contribution < -0.4 is 0 Å². The van der Waals surface area contributed by atoms with Crippen molar-refractivity contribution in [3.8, 4) is 0 Å². The minimum atomic E-state index is -0.0692. The Bertz CT molecular complexity index is 652. The SMILES string of the molecule is CC(C)(C)c1c(Br)csc1C(=O)c1scc(Br)c1C(C)(C)C. The quantitative estimate of drug-likeness (QED) is 0.431. The molecular formula is C17H20Br2OS2. The molecule has 0 saturated heterocycles. The lowest BCUT2D eigenvalue weighted by Crippen LogP contribution is -2.18. The first-order valence-corrected chi connectivity index (χ1v) is 10.4. The van der Waals surface area contributed by atoms with Crippen LogP contribution in [0.1, 0.15) is 67.2 Å². The molecule has 0 atom stereocenters. The number of halogens is 2. The Hall–Kier alpha value is 0.0300. The summed E-state index contributed by atoms with van der Waals surface area (Å²) in [4.78, 5) is 14.9. The fourth-order valence-corrected chi connectivity index (χ4v) is 7.15. The average molecular weight is 464 g/mol. The van der Waals surface area contributed by atoms with Crippen LogP contribution in [-0.2, 0) is 10.8 Å². The molecule has 2 rings (SSSR count). The smallest absolute Gasteiger partial charge is 0.213 e. The number of carbonyl (C=O) groups is 1. The lowest BCUT2D eigenvalue weighted by Gasteiger charge is -2.22. The molecule has 0 aliphatic carbocycles. The van der Waals surface area contributed by atoms with E-state index in [-0.39, 0.29) is 16.6 Å². The molecule has 0 unspecified atom stereocenters. The average Bonchev–Trinajstić information content (AvgIpc) is 2.90. The Labute approximate surface area is 157 Å². The number of carbonyl (C=O) groups excluding carboxylic acids is 1. The molecule has 22 heavy (non-hydrogen) atoms. The van der Waals surface area contributed by atoms with Crippen LogP contribution >= 0.6 is 54.5 Å². The molecule has 0 bridgehead atoms. The molecule has 0 radical (unpaired) electrons. The monoisotopic (exact) mass is 462 g/mol. The van der Waals surface area contributed by atoms with Gasteiger partial charge in [0.2, 0.25) is 5.78 Å². The van der Waals surface area contributed by atoms with Crippen molar-refractivity contribution >= 4 is 60.3 Å². The van der Waals surface area contributed by atoms with E-state index < -0.39 is 0 Å². The topological polar surface area (TPSA) is 17.1 Å². The molecule has 0 amide bonds. The van der Waals surface area contributed by atoms with Crippen LogP contribution in [-0.4, -0.2) is 5.78 Å². The van der Waals surface area contributed by atoms with Gasteiger partial charge in [0.25, 0.3) is 0 Å². The van der Waals surface area contributed by atoms with E-state index >= 15 is 0 Å². The van der Waals surface area contributed by atoms with E-state index in [1.807, 2.05) is 10.8 Å². The van der Waals surface area contributed by atoms with Crippen LogP contribution in [0.5, 0.6) is 0 Å². The van der Waals surface area contributed by atoms with Crippen LogP contribution in [0.25, 0.3) is 0 Å². The second-order valence-corrected chi connectivity index (χ2v) is 10.9. The standard InChI is InChI=1S/C17H20Br2OS2/c1-16(2,3)11-9(18)7-21-14(11)13(20)15-12(17(4,5)6)10(19)8-22-15/h7-8H,1-6H3. The largest absolute Gasteiger partial charge is 0.287 e. The van der Waals surface area contributed by atoms with Crippen LogP contribution in [0.2, 0.25) is 0 Å². The van der Waals surface area contributed by atoms with Crippen molar-refractivity contribution in [3.63, 3.8) is 0 Å². The number of hydrogen-bond donors (Lipinski definition) is 0. The highest BCUT2D eigenvalue weighted by molar-refractivity contribution is 9.10. The minimum Gasteiger partial charge on any atom is -0.287 e. The van der Waals surface area contributed by atoms with Crippen LogP contribution in [0.4, 0.5) is 0 Å². The molecule has 1 nitrogen and oxygen atoms in total. The van der Waals surface area contributed by atoms with E-state index in [0.717, 1.165) is 29.8 Å². The van der Waals surface area contributed by atoms with Crippen molar-refractivity contribution < 1.29 is 4.79 Å². The van der Waals surface area contributed by atoms with Gasteiger partial charge in [-0.05, 0) is 53.8 Å². The molecule has 0 fully saturated rings. The summed E-state index contributed by atoms with van der Waals surface area (Å²) in [6.45, 7) is 12.9. The van der Waals surface area contributed by atoms with Crippen molar-refractivity contribution in [2.24, 2.45) is 0 Å². The molecule has 0 spiro atoms. The van der Waals surface area contributed by atoms with Gasteiger partial charge in [0, 0.05) is 19.7 Å². The van der Waals surface area contributed by atoms with E-state index in [1.54, 1.807) is 0 Å². The molecule has 0 saturated carbocycles. The maximum atomic E-state index is 13.2. The molecule has 2 heterocycles. The molecule has 0 aliphatic heterocycles. The van der Waals surface area contributed by atoms with E-state index in [2.05, 4.69) is 73.4 Å². The number of hydrogen-bond acceptors (Lipinski definition) is 3. The van der Waals surface area contributed by atoms with Gasteiger partial charge < -0.3 is 0 Å². The van der Waals surface area contributed by atoms with Gasteiger partial charge in [0.05, 0.1) is 9.75 Å². The first-order chi connectivity index (χ1) is 9.94. The summed E-state index contributed by atoms with van der Waals surface area (Å²) in [5.41, 5.74) is 2.07. The number of rotatable bonds is 2. The zero-order chi connectivity index (χ0) is 16.9. The predicted octanol–water partition coefficient (Wildman–Crippen LogP) is 7.16. The first-order valence-electron chi connectivity index (χ1n) is 7.04. The second-order valence-electron chi connectivity index (χ2n) is 7.40. The van der Waals surface area contributed by atoms with Gasteiger partial charge in [-0.1, -0.05) is 41.5 Å². The molecule has 2 aromatic heterocycles. The van der Waals surface area contributed by atoms with Crippen molar-refractivity contribution in [2.75, 3.05) is 0 Å². The van der Waals surface area contributed by atoms with Gasteiger partial charge in [0.15, 0.2) is 0 Å². The van der Waals surface area contributed by atoms with E-state index in [1.165, 1.54) is 22.7 Å². The van der Waals surface area contributed by atoms with Crippen molar-refractivity contribution in [1.29, 1.82) is 0 Å². The summed E-state index contributed by atoms with van der Waals surface area (Å²) in [7, 11) is 0. The Morgan fingerprint density at radius 3 is 1.41 bits per heavy atom. The fourth-order valence-electron chi connectivity index (χ4n) is 2.51. The summed E-state index contributed by atoms with van der Waals surface area (Å²) < 4.78 is 2.06. The maximum absolute atomic E-state index is 13.2. The first kappa shape index (κ1) is 18.4. The highest BCUT2D eigenvalue weighted by atomic mass is 79.9. The third-order valence-corrected chi connectivity index (χ3v) is 7.22. The van der Waals surface area contributed by atoms with Gasteiger partial charge in [0.1, 0.15) is 0 Å². The summed E-state index contributed by atoms with van der Waals surface area (Å²) in [5.74, 6) is 0.140. The predicted molar refractivity (Wildman–Crippen MR) is 105 cm³/mol. The van der Waals surface area contributed by atoms with Gasteiger partial charge in [-0.2, -0.15) is 0 Å².